The molecule has 0 aliphatic heterocycles. The van der Waals surface area contributed by atoms with Gasteiger partial charge in [0.25, 0.3) is 0 Å². The summed E-state index contributed by atoms with van der Waals surface area (Å²) in [7, 11) is 0. The van der Waals surface area contributed by atoms with E-state index in [0.29, 0.717) is 5.02 Å². The highest BCUT2D eigenvalue weighted by Gasteiger charge is 2.11. The third-order valence-electron chi connectivity index (χ3n) is 1.43. The number of halogens is 2. The Morgan fingerprint density at radius 1 is 1.75 bits per heavy atom. The highest BCUT2D eigenvalue weighted by Crippen LogP contribution is 2.17. The quantitative estimate of drug-likeness (QED) is 0.681. The second-order valence-corrected chi connectivity index (χ2v) is 2.76. The lowest BCUT2D eigenvalue weighted by molar-refractivity contribution is 0.264. The average molecular weight is 191 g/mol. The van der Waals surface area contributed by atoms with Gasteiger partial charge in [-0.25, -0.2) is 4.98 Å². The molecule has 0 spiro atoms. The first-order chi connectivity index (χ1) is 5.65. The van der Waals surface area contributed by atoms with Crippen molar-refractivity contribution in [2.75, 3.05) is 6.61 Å². The van der Waals surface area contributed by atoms with E-state index < -0.39 is 12.0 Å². The molecular formula is C7H8ClFN2O. The minimum atomic E-state index is -0.767. The van der Waals surface area contributed by atoms with Gasteiger partial charge in [0.15, 0.2) is 0 Å². The van der Waals surface area contributed by atoms with Crippen molar-refractivity contribution in [1.82, 2.24) is 4.98 Å². The van der Waals surface area contributed by atoms with Gasteiger partial charge in [-0.05, 0) is 6.07 Å². The highest BCUT2D eigenvalue weighted by molar-refractivity contribution is 6.30. The molecule has 1 aromatic rings. The van der Waals surface area contributed by atoms with Crippen LogP contribution in [-0.4, -0.2) is 16.7 Å². The van der Waals surface area contributed by atoms with Gasteiger partial charge in [0.05, 0.1) is 17.7 Å². The number of hydrogen-bond donors (Lipinski definition) is 2. The summed E-state index contributed by atoms with van der Waals surface area (Å²) in [4.78, 5) is 3.36. The number of hydrogen-bond acceptors (Lipinski definition) is 3. The molecule has 3 nitrogen and oxygen atoms in total. The summed E-state index contributed by atoms with van der Waals surface area (Å²) in [5, 5.41) is 8.94. The molecule has 0 aliphatic rings. The third-order valence-corrected chi connectivity index (χ3v) is 1.64. The van der Waals surface area contributed by atoms with Gasteiger partial charge < -0.3 is 10.8 Å². The maximum atomic E-state index is 12.8. The molecule has 1 atom stereocenters. The molecule has 12 heavy (non-hydrogen) atoms. The van der Waals surface area contributed by atoms with Gasteiger partial charge >= 0.3 is 0 Å². The molecule has 1 rings (SSSR count). The molecule has 5 heteroatoms. The van der Waals surface area contributed by atoms with Crippen molar-refractivity contribution in [3.05, 3.63) is 28.8 Å². The first kappa shape index (κ1) is 9.38. The molecule has 66 valence electrons. The number of nitrogens with zero attached hydrogens (tertiary/aromatic N) is 1. The molecular weight excluding hydrogens is 183 g/mol. The molecule has 0 fully saturated rings. The fourth-order valence-corrected chi connectivity index (χ4v) is 0.963. The van der Waals surface area contributed by atoms with Crippen LogP contribution in [0.15, 0.2) is 12.3 Å². The van der Waals surface area contributed by atoms with Crippen molar-refractivity contribution in [3.63, 3.8) is 0 Å². The maximum Gasteiger partial charge on any atom is 0.217 e. The summed E-state index contributed by atoms with van der Waals surface area (Å²) in [6, 6.07) is 0.585. The smallest absolute Gasteiger partial charge is 0.217 e. The minimum absolute atomic E-state index is 0.130. The van der Waals surface area contributed by atoms with E-state index in [9.17, 15) is 4.39 Å². The molecule has 0 saturated carbocycles. The predicted molar refractivity (Wildman–Crippen MR) is 43.2 cm³/mol. The van der Waals surface area contributed by atoms with E-state index in [4.69, 9.17) is 22.4 Å². The second-order valence-electron chi connectivity index (χ2n) is 2.32. The van der Waals surface area contributed by atoms with Crippen molar-refractivity contribution < 1.29 is 9.50 Å². The van der Waals surface area contributed by atoms with E-state index >= 15 is 0 Å². The molecule has 1 aromatic heterocycles. The van der Waals surface area contributed by atoms with Crippen LogP contribution in [0.25, 0.3) is 0 Å². The number of rotatable bonds is 2. The van der Waals surface area contributed by atoms with E-state index in [0.717, 1.165) is 0 Å². The van der Waals surface area contributed by atoms with Crippen molar-refractivity contribution in [2.24, 2.45) is 5.73 Å². The third kappa shape index (κ3) is 1.91. The summed E-state index contributed by atoms with van der Waals surface area (Å²) in [6.45, 7) is -0.334. The van der Waals surface area contributed by atoms with Gasteiger partial charge in [0, 0.05) is 11.8 Å². The number of nitrogens with two attached hydrogens (primary N) is 1. The van der Waals surface area contributed by atoms with Crippen molar-refractivity contribution in [2.45, 2.75) is 6.04 Å². The van der Waals surface area contributed by atoms with Gasteiger partial charge in [-0.15, -0.1) is 0 Å². The fraction of sp³-hybridized carbons (Fsp3) is 0.286. The van der Waals surface area contributed by atoms with Gasteiger partial charge in [-0.2, -0.15) is 4.39 Å². The van der Waals surface area contributed by atoms with Crippen molar-refractivity contribution in [1.29, 1.82) is 0 Å². The predicted octanol–water partition coefficient (Wildman–Crippen LogP) is 0.866. The summed E-state index contributed by atoms with van der Waals surface area (Å²) in [5.74, 6) is -0.694. The van der Waals surface area contributed by atoms with Gasteiger partial charge in [-0.1, -0.05) is 11.6 Å². The normalized spacial score (nSPS) is 13.0. The lowest BCUT2D eigenvalue weighted by Gasteiger charge is -2.08. The van der Waals surface area contributed by atoms with Crippen molar-refractivity contribution in [3.8, 4) is 0 Å². The minimum Gasteiger partial charge on any atom is -0.394 e. The Bertz CT molecular complexity index is 282. The van der Waals surface area contributed by atoms with Crippen LogP contribution in [0, 0.1) is 5.95 Å². The maximum absolute atomic E-state index is 12.8. The van der Waals surface area contributed by atoms with Crippen LogP contribution in [0.2, 0.25) is 5.02 Å². The van der Waals surface area contributed by atoms with Gasteiger partial charge in [0.2, 0.25) is 5.95 Å². The van der Waals surface area contributed by atoms with Gasteiger partial charge in [0.1, 0.15) is 0 Å². The highest BCUT2D eigenvalue weighted by atomic mass is 35.5. The van der Waals surface area contributed by atoms with Crippen LogP contribution < -0.4 is 5.73 Å². The molecule has 1 unspecified atom stereocenters. The molecule has 0 amide bonds. The zero-order valence-electron chi connectivity index (χ0n) is 6.17. The Morgan fingerprint density at radius 2 is 2.42 bits per heavy atom. The standard InChI is InChI=1S/C7H8ClFN2O/c8-4-1-5(6(10)3-12)7(9)11-2-4/h1-2,6,12H,3,10H2. The first-order valence-corrected chi connectivity index (χ1v) is 3.70. The van der Waals surface area contributed by atoms with E-state index in [1.54, 1.807) is 0 Å². The zero-order valence-corrected chi connectivity index (χ0v) is 6.92. The first-order valence-electron chi connectivity index (χ1n) is 3.32. The van der Waals surface area contributed by atoms with E-state index in [1.807, 2.05) is 0 Å². The van der Waals surface area contributed by atoms with Crippen LogP contribution in [0.5, 0.6) is 0 Å². The topological polar surface area (TPSA) is 59.1 Å². The average Bonchev–Trinajstić information content (AvgIpc) is 2.08. The van der Waals surface area contributed by atoms with Crippen LogP contribution in [0.1, 0.15) is 11.6 Å². The Kier molecular flexibility index (Phi) is 2.97. The fourth-order valence-electron chi connectivity index (χ4n) is 0.797. The second kappa shape index (κ2) is 3.80. The Balaban J connectivity index is 3.04. The number of aliphatic hydroxyl groups is 1. The Hall–Kier alpha value is -0.710. The molecule has 0 saturated heterocycles. The summed E-state index contributed by atoms with van der Waals surface area (Å²) < 4.78 is 12.8. The van der Waals surface area contributed by atoms with E-state index in [1.165, 1.54) is 12.3 Å². The lowest BCUT2D eigenvalue weighted by atomic mass is 10.1. The largest absolute Gasteiger partial charge is 0.394 e. The Morgan fingerprint density at radius 3 is 3.00 bits per heavy atom. The van der Waals surface area contributed by atoms with Gasteiger partial charge in [-0.3, -0.25) is 0 Å². The number of pyridine rings is 1. The molecule has 0 aliphatic carbocycles. The molecule has 3 N–H and O–H groups in total. The Labute approximate surface area is 74.0 Å². The number of aliphatic hydroxyl groups excluding tert-OH is 1. The molecule has 0 aromatic carbocycles. The molecule has 0 radical (unpaired) electrons. The summed E-state index contributed by atoms with van der Waals surface area (Å²) >= 11 is 5.55. The van der Waals surface area contributed by atoms with Crippen molar-refractivity contribution >= 4 is 11.6 Å². The van der Waals surface area contributed by atoms with Crippen LogP contribution >= 0.6 is 11.6 Å². The summed E-state index contributed by atoms with van der Waals surface area (Å²) in [5.41, 5.74) is 5.50. The van der Waals surface area contributed by atoms with Crippen LogP contribution in [0.3, 0.4) is 0 Å². The van der Waals surface area contributed by atoms with E-state index in [-0.39, 0.29) is 12.2 Å². The van der Waals surface area contributed by atoms with Crippen LogP contribution in [0.4, 0.5) is 4.39 Å². The zero-order chi connectivity index (χ0) is 9.14. The lowest BCUT2D eigenvalue weighted by Crippen LogP contribution is -2.16. The molecule has 0 bridgehead atoms. The summed E-state index contributed by atoms with van der Waals surface area (Å²) in [6.07, 6.45) is 1.19. The SMILES string of the molecule is NC(CO)c1cc(Cl)cnc1F. The van der Waals surface area contributed by atoms with E-state index in [2.05, 4.69) is 4.98 Å². The van der Waals surface area contributed by atoms with Crippen LogP contribution in [-0.2, 0) is 0 Å². The molecule has 1 heterocycles. The number of aromatic nitrogens is 1. The monoisotopic (exact) mass is 190 g/mol.